The molecule has 21 heavy (non-hydrogen) atoms. The third-order valence-electron chi connectivity index (χ3n) is 2.91. The van der Waals surface area contributed by atoms with Gasteiger partial charge >= 0.3 is 0 Å². The van der Waals surface area contributed by atoms with Crippen LogP contribution < -0.4 is 11.1 Å². The van der Waals surface area contributed by atoms with Gasteiger partial charge in [-0.1, -0.05) is 22.0 Å². The molecular weight excluding hydrogens is 354 g/mol. The van der Waals surface area contributed by atoms with Gasteiger partial charge in [0.25, 0.3) is 0 Å². The first kappa shape index (κ1) is 15.8. The van der Waals surface area contributed by atoms with Crippen LogP contribution in [-0.4, -0.2) is 26.8 Å². The Bertz CT molecular complexity index is 761. The van der Waals surface area contributed by atoms with Crippen molar-refractivity contribution in [3.8, 4) is 0 Å². The molecular formula is C14H16BrN3O2S. The molecule has 0 saturated heterocycles. The molecule has 2 aromatic carbocycles. The second kappa shape index (κ2) is 6.05. The number of sulfonamides is 1. The van der Waals surface area contributed by atoms with E-state index in [4.69, 9.17) is 5.73 Å². The van der Waals surface area contributed by atoms with Crippen LogP contribution in [0.1, 0.15) is 0 Å². The van der Waals surface area contributed by atoms with Gasteiger partial charge in [0.2, 0.25) is 10.0 Å². The number of nitrogens with two attached hydrogens (primary N) is 1. The van der Waals surface area contributed by atoms with E-state index in [1.807, 2.05) is 24.3 Å². The van der Waals surface area contributed by atoms with Gasteiger partial charge in [0.05, 0.1) is 16.3 Å². The topological polar surface area (TPSA) is 75.4 Å². The maximum atomic E-state index is 12.0. The fourth-order valence-corrected chi connectivity index (χ4v) is 3.08. The van der Waals surface area contributed by atoms with Crippen molar-refractivity contribution in [2.24, 2.45) is 0 Å². The first-order valence-corrected chi connectivity index (χ1v) is 8.38. The first-order valence-electron chi connectivity index (χ1n) is 6.15. The van der Waals surface area contributed by atoms with Gasteiger partial charge in [0, 0.05) is 24.3 Å². The van der Waals surface area contributed by atoms with Crippen molar-refractivity contribution in [2.45, 2.75) is 4.90 Å². The molecule has 3 N–H and O–H groups in total. The zero-order chi connectivity index (χ0) is 15.6. The molecule has 0 fully saturated rings. The first-order chi connectivity index (χ1) is 9.80. The summed E-state index contributed by atoms with van der Waals surface area (Å²) in [6.45, 7) is 0. The van der Waals surface area contributed by atoms with Gasteiger partial charge in [-0.3, -0.25) is 0 Å². The summed E-state index contributed by atoms with van der Waals surface area (Å²) in [5.41, 5.74) is 7.84. The smallest absolute Gasteiger partial charge is 0.242 e. The van der Waals surface area contributed by atoms with E-state index >= 15 is 0 Å². The van der Waals surface area contributed by atoms with Gasteiger partial charge in [-0.15, -0.1) is 0 Å². The number of anilines is 3. The average molecular weight is 370 g/mol. The molecule has 2 aromatic rings. The van der Waals surface area contributed by atoms with E-state index in [9.17, 15) is 8.42 Å². The summed E-state index contributed by atoms with van der Waals surface area (Å²) in [6, 6.07) is 12.3. The highest BCUT2D eigenvalue weighted by molar-refractivity contribution is 9.10. The van der Waals surface area contributed by atoms with Crippen molar-refractivity contribution < 1.29 is 8.42 Å². The van der Waals surface area contributed by atoms with Crippen LogP contribution in [0.5, 0.6) is 0 Å². The number of nitrogens with one attached hydrogen (secondary N) is 1. The fourth-order valence-electron chi connectivity index (χ4n) is 1.75. The molecule has 0 aliphatic carbocycles. The molecule has 0 radical (unpaired) electrons. The molecule has 0 spiro atoms. The van der Waals surface area contributed by atoms with E-state index in [0.717, 1.165) is 14.5 Å². The summed E-state index contributed by atoms with van der Waals surface area (Å²) >= 11 is 3.39. The molecule has 0 atom stereocenters. The fraction of sp³-hybridized carbons (Fsp3) is 0.143. The number of rotatable bonds is 4. The Morgan fingerprint density at radius 3 is 2.43 bits per heavy atom. The van der Waals surface area contributed by atoms with Crippen molar-refractivity contribution in [3.63, 3.8) is 0 Å². The molecule has 5 nitrogen and oxygen atoms in total. The van der Waals surface area contributed by atoms with Crippen LogP contribution in [0, 0.1) is 0 Å². The van der Waals surface area contributed by atoms with Gasteiger partial charge in [-0.25, -0.2) is 12.7 Å². The van der Waals surface area contributed by atoms with E-state index in [1.165, 1.54) is 26.2 Å². The average Bonchev–Trinajstić information content (AvgIpc) is 2.41. The summed E-state index contributed by atoms with van der Waals surface area (Å²) in [4.78, 5) is 0.171. The normalized spacial score (nSPS) is 11.6. The minimum Gasteiger partial charge on any atom is -0.397 e. The van der Waals surface area contributed by atoms with Crippen molar-refractivity contribution in [3.05, 3.63) is 46.9 Å². The summed E-state index contributed by atoms with van der Waals surface area (Å²) in [7, 11) is -0.507. The van der Waals surface area contributed by atoms with Crippen LogP contribution in [0.15, 0.2) is 51.8 Å². The minimum atomic E-state index is -3.48. The predicted molar refractivity (Wildman–Crippen MR) is 89.2 cm³/mol. The maximum absolute atomic E-state index is 12.0. The summed E-state index contributed by atoms with van der Waals surface area (Å²) in [5, 5.41) is 3.16. The third-order valence-corrected chi connectivity index (χ3v) is 5.21. The second-order valence-electron chi connectivity index (χ2n) is 4.67. The molecule has 0 aliphatic rings. The van der Waals surface area contributed by atoms with Crippen LogP contribution in [0.3, 0.4) is 0 Å². The van der Waals surface area contributed by atoms with E-state index in [1.54, 1.807) is 6.07 Å². The van der Waals surface area contributed by atoms with Crippen LogP contribution >= 0.6 is 15.9 Å². The molecule has 2 rings (SSSR count). The summed E-state index contributed by atoms with van der Waals surface area (Å²) < 4.78 is 26.2. The predicted octanol–water partition coefficient (Wildman–Crippen LogP) is 3.03. The van der Waals surface area contributed by atoms with E-state index in [0.29, 0.717) is 11.4 Å². The number of halogens is 1. The molecule has 0 heterocycles. The lowest BCUT2D eigenvalue weighted by Crippen LogP contribution is -2.22. The van der Waals surface area contributed by atoms with Gasteiger partial charge in [0.15, 0.2) is 0 Å². The van der Waals surface area contributed by atoms with E-state index < -0.39 is 10.0 Å². The quantitative estimate of drug-likeness (QED) is 0.812. The summed E-state index contributed by atoms with van der Waals surface area (Å²) in [6.07, 6.45) is 0. The highest BCUT2D eigenvalue weighted by atomic mass is 79.9. The van der Waals surface area contributed by atoms with Crippen molar-refractivity contribution in [1.82, 2.24) is 4.31 Å². The van der Waals surface area contributed by atoms with Gasteiger partial charge in [0.1, 0.15) is 0 Å². The van der Waals surface area contributed by atoms with Crippen LogP contribution in [0.25, 0.3) is 0 Å². The molecule has 0 amide bonds. The molecule has 112 valence electrons. The zero-order valence-electron chi connectivity index (χ0n) is 11.7. The van der Waals surface area contributed by atoms with Crippen LogP contribution in [0.4, 0.5) is 17.1 Å². The summed E-state index contributed by atoms with van der Waals surface area (Å²) in [5.74, 6) is 0. The lowest BCUT2D eigenvalue weighted by Gasteiger charge is -2.14. The highest BCUT2D eigenvalue weighted by Gasteiger charge is 2.18. The zero-order valence-corrected chi connectivity index (χ0v) is 14.1. The molecule has 0 unspecified atom stereocenters. The monoisotopic (exact) mass is 369 g/mol. The Balaban J connectivity index is 2.32. The Morgan fingerprint density at radius 1 is 1.14 bits per heavy atom. The number of hydrogen-bond donors (Lipinski definition) is 2. The minimum absolute atomic E-state index is 0.171. The Kier molecular flexibility index (Phi) is 4.55. The van der Waals surface area contributed by atoms with Crippen molar-refractivity contribution in [2.75, 3.05) is 25.1 Å². The van der Waals surface area contributed by atoms with Gasteiger partial charge < -0.3 is 11.1 Å². The Morgan fingerprint density at radius 2 is 1.86 bits per heavy atom. The van der Waals surface area contributed by atoms with Crippen molar-refractivity contribution in [1.29, 1.82) is 0 Å². The molecule has 7 heteroatoms. The molecule has 0 aromatic heterocycles. The number of nitrogens with zero attached hydrogens (tertiary/aromatic N) is 1. The van der Waals surface area contributed by atoms with Gasteiger partial charge in [-0.2, -0.15) is 0 Å². The van der Waals surface area contributed by atoms with Gasteiger partial charge in [-0.05, 0) is 36.4 Å². The lowest BCUT2D eigenvalue weighted by atomic mass is 10.2. The number of nitrogen functional groups attached to an aromatic ring is 1. The standard InChI is InChI=1S/C14H16BrN3O2S/c1-18(2)21(19,20)12-6-7-14(13(16)9-12)17-11-5-3-4-10(15)8-11/h3-9,17H,16H2,1-2H3. The van der Waals surface area contributed by atoms with E-state index in [-0.39, 0.29) is 4.90 Å². The highest BCUT2D eigenvalue weighted by Crippen LogP contribution is 2.27. The van der Waals surface area contributed by atoms with Crippen molar-refractivity contribution >= 4 is 43.0 Å². The van der Waals surface area contributed by atoms with Crippen LogP contribution in [0.2, 0.25) is 0 Å². The number of hydrogen-bond acceptors (Lipinski definition) is 4. The lowest BCUT2D eigenvalue weighted by molar-refractivity contribution is 0.521. The largest absolute Gasteiger partial charge is 0.397 e. The Labute approximate surface area is 132 Å². The van der Waals surface area contributed by atoms with Crippen LogP contribution in [-0.2, 0) is 10.0 Å². The van der Waals surface area contributed by atoms with E-state index in [2.05, 4.69) is 21.2 Å². The molecule has 0 aliphatic heterocycles. The maximum Gasteiger partial charge on any atom is 0.242 e. The molecule has 0 bridgehead atoms. The third kappa shape index (κ3) is 3.55. The second-order valence-corrected chi connectivity index (χ2v) is 7.74. The SMILES string of the molecule is CN(C)S(=O)(=O)c1ccc(Nc2cccc(Br)c2)c(N)c1. The number of benzene rings is 2. The Hall–Kier alpha value is -1.57. The molecule has 0 saturated carbocycles.